The largest absolute Gasteiger partial charge is 0.327 e. The van der Waals surface area contributed by atoms with Crippen molar-refractivity contribution in [2.24, 2.45) is 0 Å². The molecule has 1 N–H and O–H groups in total. The second kappa shape index (κ2) is 6.37. The molecule has 2 aromatic heterocycles. The van der Waals surface area contributed by atoms with Crippen molar-refractivity contribution in [2.45, 2.75) is 39.4 Å². The molecular formula is C16H20N4S. The lowest BCUT2D eigenvalue weighted by atomic mass is 10.2. The molecule has 0 aliphatic heterocycles. The van der Waals surface area contributed by atoms with Crippen LogP contribution < -0.4 is 5.32 Å². The lowest BCUT2D eigenvalue weighted by molar-refractivity contribution is 0.497. The number of para-hydroxylation sites is 2. The summed E-state index contributed by atoms with van der Waals surface area (Å²) in [5.74, 6) is 1.09. The van der Waals surface area contributed by atoms with Crippen molar-refractivity contribution < 1.29 is 0 Å². The normalized spacial score (nSPS) is 12.9. The Morgan fingerprint density at radius 2 is 2.14 bits per heavy atom. The number of aromatic nitrogens is 3. The predicted molar refractivity (Wildman–Crippen MR) is 87.4 cm³/mol. The first-order valence-corrected chi connectivity index (χ1v) is 8.28. The third-order valence-corrected chi connectivity index (χ3v) is 4.60. The Labute approximate surface area is 128 Å². The van der Waals surface area contributed by atoms with Gasteiger partial charge in [-0.25, -0.2) is 9.97 Å². The summed E-state index contributed by atoms with van der Waals surface area (Å²) >= 11 is 1.70. The number of imidazole rings is 1. The van der Waals surface area contributed by atoms with Gasteiger partial charge in [-0.2, -0.15) is 0 Å². The number of thiazole rings is 1. The van der Waals surface area contributed by atoms with Gasteiger partial charge in [0.1, 0.15) is 10.8 Å². The molecule has 2 heterocycles. The van der Waals surface area contributed by atoms with Crippen molar-refractivity contribution in [3.63, 3.8) is 0 Å². The molecule has 0 spiro atoms. The van der Waals surface area contributed by atoms with Crippen molar-refractivity contribution in [3.05, 3.63) is 46.7 Å². The van der Waals surface area contributed by atoms with Crippen LogP contribution in [0.5, 0.6) is 0 Å². The zero-order valence-electron chi connectivity index (χ0n) is 12.4. The molecule has 4 nitrogen and oxygen atoms in total. The van der Waals surface area contributed by atoms with Crippen LogP contribution in [-0.2, 0) is 13.1 Å². The lowest BCUT2D eigenvalue weighted by Crippen LogP contribution is -2.22. The minimum atomic E-state index is 0.301. The molecule has 0 saturated heterocycles. The van der Waals surface area contributed by atoms with Crippen molar-refractivity contribution >= 4 is 22.4 Å². The summed E-state index contributed by atoms with van der Waals surface area (Å²) in [5.41, 5.74) is 2.28. The molecule has 0 amide bonds. The van der Waals surface area contributed by atoms with Gasteiger partial charge in [-0.3, -0.25) is 0 Å². The SMILES string of the molecule is CCC(NCc1nc2ccccc2n1CC)c1nccs1. The maximum Gasteiger partial charge on any atom is 0.123 e. The van der Waals surface area contributed by atoms with E-state index in [1.165, 1.54) is 5.52 Å². The molecule has 5 heteroatoms. The third-order valence-electron chi connectivity index (χ3n) is 3.71. The van der Waals surface area contributed by atoms with Gasteiger partial charge in [0.05, 0.1) is 23.6 Å². The van der Waals surface area contributed by atoms with Crippen LogP contribution in [0.3, 0.4) is 0 Å². The second-order valence-corrected chi connectivity index (χ2v) is 5.90. The highest BCUT2D eigenvalue weighted by Gasteiger charge is 2.14. The maximum atomic E-state index is 4.75. The van der Waals surface area contributed by atoms with Gasteiger partial charge in [0.15, 0.2) is 0 Å². The first-order chi connectivity index (χ1) is 10.3. The average molecular weight is 300 g/mol. The Bertz CT molecular complexity index is 702. The van der Waals surface area contributed by atoms with Crippen LogP contribution in [0.2, 0.25) is 0 Å². The molecule has 3 aromatic rings. The smallest absolute Gasteiger partial charge is 0.123 e. The molecule has 1 atom stereocenters. The lowest BCUT2D eigenvalue weighted by Gasteiger charge is -2.14. The predicted octanol–water partition coefficient (Wildman–Crippen LogP) is 3.75. The number of hydrogen-bond donors (Lipinski definition) is 1. The van der Waals surface area contributed by atoms with Crippen LogP contribution in [0.15, 0.2) is 35.8 Å². The van der Waals surface area contributed by atoms with Crippen LogP contribution in [0.1, 0.15) is 37.1 Å². The van der Waals surface area contributed by atoms with E-state index in [1.807, 2.05) is 17.6 Å². The number of nitrogens with zero attached hydrogens (tertiary/aromatic N) is 3. The maximum absolute atomic E-state index is 4.75. The number of benzene rings is 1. The fourth-order valence-corrected chi connectivity index (χ4v) is 3.44. The van der Waals surface area contributed by atoms with Crippen LogP contribution >= 0.6 is 11.3 Å². The standard InChI is InChI=1S/C16H20N4S/c1-3-12(16-17-9-10-21-16)18-11-15-19-13-7-5-6-8-14(13)20(15)4-2/h5-10,12,18H,3-4,11H2,1-2H3. The number of aryl methyl sites for hydroxylation is 1. The number of nitrogens with one attached hydrogen (secondary N) is 1. The number of fused-ring (bicyclic) bond motifs is 1. The van der Waals surface area contributed by atoms with Gasteiger partial charge >= 0.3 is 0 Å². The molecule has 1 aromatic carbocycles. The first-order valence-electron chi connectivity index (χ1n) is 7.40. The summed E-state index contributed by atoms with van der Waals surface area (Å²) in [5, 5.41) is 6.77. The van der Waals surface area contributed by atoms with E-state index >= 15 is 0 Å². The Morgan fingerprint density at radius 3 is 2.86 bits per heavy atom. The molecule has 0 saturated carbocycles. The Balaban J connectivity index is 1.81. The molecule has 0 radical (unpaired) electrons. The Kier molecular flexibility index (Phi) is 4.31. The van der Waals surface area contributed by atoms with Crippen molar-refractivity contribution in [3.8, 4) is 0 Å². The minimum absolute atomic E-state index is 0.301. The summed E-state index contributed by atoms with van der Waals surface area (Å²) in [4.78, 5) is 9.17. The van der Waals surface area contributed by atoms with E-state index in [1.54, 1.807) is 11.3 Å². The Hall–Kier alpha value is -1.72. The molecule has 0 bridgehead atoms. The van der Waals surface area contributed by atoms with E-state index in [0.717, 1.165) is 35.9 Å². The van der Waals surface area contributed by atoms with Crippen molar-refractivity contribution in [2.75, 3.05) is 0 Å². The summed E-state index contributed by atoms with van der Waals surface area (Å²) in [6, 6.07) is 8.61. The number of hydrogen-bond acceptors (Lipinski definition) is 4. The van der Waals surface area contributed by atoms with Crippen LogP contribution in [0, 0.1) is 0 Å². The third kappa shape index (κ3) is 2.84. The zero-order chi connectivity index (χ0) is 14.7. The molecule has 3 rings (SSSR count). The van der Waals surface area contributed by atoms with Gasteiger partial charge in [-0.15, -0.1) is 11.3 Å². The quantitative estimate of drug-likeness (QED) is 0.754. The van der Waals surface area contributed by atoms with Crippen LogP contribution in [0.25, 0.3) is 11.0 Å². The van der Waals surface area contributed by atoms with E-state index < -0.39 is 0 Å². The Morgan fingerprint density at radius 1 is 1.29 bits per heavy atom. The van der Waals surface area contributed by atoms with Gasteiger partial charge in [-0.05, 0) is 25.5 Å². The summed E-state index contributed by atoms with van der Waals surface area (Å²) < 4.78 is 2.27. The van der Waals surface area contributed by atoms with Gasteiger partial charge in [0.25, 0.3) is 0 Å². The van der Waals surface area contributed by atoms with Crippen LogP contribution in [-0.4, -0.2) is 14.5 Å². The highest BCUT2D eigenvalue weighted by atomic mass is 32.1. The highest BCUT2D eigenvalue weighted by Crippen LogP contribution is 2.20. The van der Waals surface area contributed by atoms with E-state index in [2.05, 4.69) is 46.9 Å². The van der Waals surface area contributed by atoms with E-state index in [9.17, 15) is 0 Å². The zero-order valence-corrected chi connectivity index (χ0v) is 13.2. The van der Waals surface area contributed by atoms with Crippen molar-refractivity contribution in [1.29, 1.82) is 0 Å². The molecule has 0 aliphatic carbocycles. The molecule has 110 valence electrons. The highest BCUT2D eigenvalue weighted by molar-refractivity contribution is 7.09. The van der Waals surface area contributed by atoms with Crippen LogP contribution in [0.4, 0.5) is 0 Å². The number of rotatable bonds is 6. The summed E-state index contributed by atoms with van der Waals surface area (Å²) in [6.07, 6.45) is 2.89. The molecule has 21 heavy (non-hydrogen) atoms. The summed E-state index contributed by atoms with van der Waals surface area (Å²) in [7, 11) is 0. The summed E-state index contributed by atoms with van der Waals surface area (Å²) in [6.45, 7) is 6.05. The minimum Gasteiger partial charge on any atom is -0.327 e. The van der Waals surface area contributed by atoms with E-state index in [4.69, 9.17) is 4.98 Å². The molecule has 0 fully saturated rings. The van der Waals surface area contributed by atoms with Gasteiger partial charge in [-0.1, -0.05) is 19.1 Å². The second-order valence-electron chi connectivity index (χ2n) is 4.97. The van der Waals surface area contributed by atoms with E-state index in [-0.39, 0.29) is 0 Å². The molecule has 1 unspecified atom stereocenters. The first kappa shape index (κ1) is 14.2. The molecule has 0 aliphatic rings. The fourth-order valence-electron chi connectivity index (χ4n) is 2.64. The topological polar surface area (TPSA) is 42.7 Å². The van der Waals surface area contributed by atoms with Crippen molar-refractivity contribution in [1.82, 2.24) is 19.9 Å². The van der Waals surface area contributed by atoms with Gasteiger partial charge in [0, 0.05) is 18.1 Å². The average Bonchev–Trinajstić information content (AvgIpc) is 3.15. The van der Waals surface area contributed by atoms with Gasteiger partial charge < -0.3 is 9.88 Å². The van der Waals surface area contributed by atoms with E-state index in [0.29, 0.717) is 6.04 Å². The fraction of sp³-hybridized carbons (Fsp3) is 0.375. The monoisotopic (exact) mass is 300 g/mol. The van der Waals surface area contributed by atoms with Gasteiger partial charge in [0.2, 0.25) is 0 Å². The molecular weight excluding hydrogens is 280 g/mol.